The van der Waals surface area contributed by atoms with Crippen molar-refractivity contribution in [3.63, 3.8) is 0 Å². The lowest BCUT2D eigenvalue weighted by Crippen LogP contribution is -2.49. The van der Waals surface area contributed by atoms with Gasteiger partial charge in [0.1, 0.15) is 0 Å². The van der Waals surface area contributed by atoms with Crippen molar-refractivity contribution in [2.75, 3.05) is 19.7 Å². The number of carbonyl (C=O) groups is 2. The van der Waals surface area contributed by atoms with Crippen molar-refractivity contribution in [2.45, 2.75) is 26.1 Å². The first-order valence-electron chi connectivity index (χ1n) is 7.48. The van der Waals surface area contributed by atoms with Gasteiger partial charge in [-0.05, 0) is 31.6 Å². The van der Waals surface area contributed by atoms with E-state index in [9.17, 15) is 9.59 Å². The van der Waals surface area contributed by atoms with Gasteiger partial charge in [-0.3, -0.25) is 4.79 Å². The highest BCUT2D eigenvalue weighted by Crippen LogP contribution is 2.16. The molecular formula is C17H20ClNO4. The molecule has 0 unspecified atom stereocenters. The molecule has 0 saturated carbocycles. The first kappa shape index (κ1) is 17.5. The molecule has 1 heterocycles. The zero-order valence-electron chi connectivity index (χ0n) is 13.2. The average Bonchev–Trinajstić information content (AvgIpc) is 2.51. The summed E-state index contributed by atoms with van der Waals surface area (Å²) in [6.45, 7) is 4.57. The van der Waals surface area contributed by atoms with E-state index in [-0.39, 0.29) is 24.7 Å². The van der Waals surface area contributed by atoms with E-state index in [4.69, 9.17) is 21.1 Å². The minimum Gasteiger partial charge on any atom is -0.452 e. The highest BCUT2D eigenvalue weighted by molar-refractivity contribution is 6.32. The van der Waals surface area contributed by atoms with Crippen LogP contribution in [0.3, 0.4) is 0 Å². The van der Waals surface area contributed by atoms with Gasteiger partial charge in [0.2, 0.25) is 0 Å². The number of morpholine rings is 1. The van der Waals surface area contributed by atoms with Crippen LogP contribution in [0.15, 0.2) is 30.3 Å². The maximum absolute atomic E-state index is 12.1. The number of ether oxygens (including phenoxy) is 2. The second kappa shape index (κ2) is 8.13. The molecule has 2 rings (SSSR count). The van der Waals surface area contributed by atoms with Crippen LogP contribution in [0.1, 0.15) is 19.4 Å². The first-order chi connectivity index (χ1) is 11.0. The summed E-state index contributed by atoms with van der Waals surface area (Å²) >= 11 is 5.99. The van der Waals surface area contributed by atoms with Crippen molar-refractivity contribution in [3.8, 4) is 0 Å². The smallest absolute Gasteiger partial charge is 0.331 e. The third-order valence-electron chi connectivity index (χ3n) is 3.41. The Balaban J connectivity index is 1.82. The number of carbonyl (C=O) groups excluding carboxylic acids is 2. The maximum atomic E-state index is 12.1. The van der Waals surface area contributed by atoms with E-state index in [0.717, 1.165) is 0 Å². The van der Waals surface area contributed by atoms with Crippen molar-refractivity contribution in [1.29, 1.82) is 0 Å². The quantitative estimate of drug-likeness (QED) is 0.626. The molecule has 0 bridgehead atoms. The monoisotopic (exact) mass is 337 g/mol. The molecule has 6 heteroatoms. The van der Waals surface area contributed by atoms with E-state index in [1.54, 1.807) is 29.2 Å². The summed E-state index contributed by atoms with van der Waals surface area (Å²) in [4.78, 5) is 25.4. The molecule has 1 aliphatic rings. The Hall–Kier alpha value is -1.85. The number of nitrogens with zero attached hydrogens (tertiary/aromatic N) is 1. The largest absolute Gasteiger partial charge is 0.452 e. The lowest BCUT2D eigenvalue weighted by atomic mass is 10.2. The van der Waals surface area contributed by atoms with Gasteiger partial charge >= 0.3 is 5.97 Å². The van der Waals surface area contributed by atoms with Crippen LogP contribution in [0.5, 0.6) is 0 Å². The number of esters is 1. The van der Waals surface area contributed by atoms with Crippen LogP contribution < -0.4 is 0 Å². The number of amides is 1. The second-order valence-electron chi connectivity index (χ2n) is 5.52. The standard InChI is InChI=1S/C17H20ClNO4/c1-12-9-19(10-13(2)23-12)16(20)11-22-17(21)8-7-14-5-3-4-6-15(14)18/h3-8,12-13H,9-11H2,1-2H3/b8-7+/t12-,13+. The fourth-order valence-electron chi connectivity index (χ4n) is 2.42. The number of benzene rings is 1. The van der Waals surface area contributed by atoms with Crippen molar-refractivity contribution in [3.05, 3.63) is 40.9 Å². The molecule has 1 amide bonds. The van der Waals surface area contributed by atoms with Gasteiger partial charge in [0.25, 0.3) is 5.91 Å². The van der Waals surface area contributed by atoms with E-state index in [1.807, 2.05) is 19.9 Å². The van der Waals surface area contributed by atoms with Gasteiger partial charge in [-0.25, -0.2) is 4.79 Å². The van der Waals surface area contributed by atoms with Crippen LogP contribution in [-0.2, 0) is 19.1 Å². The zero-order chi connectivity index (χ0) is 16.8. The molecule has 5 nitrogen and oxygen atoms in total. The molecule has 124 valence electrons. The normalized spacial score (nSPS) is 21.4. The van der Waals surface area contributed by atoms with Crippen LogP contribution in [0, 0.1) is 0 Å². The predicted octanol–water partition coefficient (Wildman–Crippen LogP) is 2.53. The highest BCUT2D eigenvalue weighted by Gasteiger charge is 2.26. The van der Waals surface area contributed by atoms with E-state index in [0.29, 0.717) is 23.7 Å². The average molecular weight is 338 g/mol. The van der Waals surface area contributed by atoms with Crippen LogP contribution >= 0.6 is 11.6 Å². The van der Waals surface area contributed by atoms with Crippen LogP contribution in [-0.4, -0.2) is 48.7 Å². The number of hydrogen-bond acceptors (Lipinski definition) is 4. The molecule has 1 saturated heterocycles. The molecule has 0 radical (unpaired) electrons. The van der Waals surface area contributed by atoms with E-state index in [2.05, 4.69) is 0 Å². The van der Waals surface area contributed by atoms with Crippen molar-refractivity contribution in [1.82, 2.24) is 4.90 Å². The third-order valence-corrected chi connectivity index (χ3v) is 3.76. The van der Waals surface area contributed by atoms with Crippen LogP contribution in [0.25, 0.3) is 6.08 Å². The molecule has 23 heavy (non-hydrogen) atoms. The second-order valence-corrected chi connectivity index (χ2v) is 5.93. The Labute approximate surface area is 140 Å². The molecule has 1 aromatic rings. The van der Waals surface area contributed by atoms with Gasteiger partial charge in [-0.2, -0.15) is 0 Å². The summed E-state index contributed by atoms with van der Waals surface area (Å²) in [7, 11) is 0. The fraction of sp³-hybridized carbons (Fsp3) is 0.412. The van der Waals surface area contributed by atoms with E-state index < -0.39 is 5.97 Å². The predicted molar refractivity (Wildman–Crippen MR) is 88.0 cm³/mol. The maximum Gasteiger partial charge on any atom is 0.331 e. The number of halogens is 1. The van der Waals surface area contributed by atoms with Gasteiger partial charge in [-0.15, -0.1) is 0 Å². The molecule has 0 aromatic heterocycles. The lowest BCUT2D eigenvalue weighted by molar-refractivity contribution is -0.154. The summed E-state index contributed by atoms with van der Waals surface area (Å²) in [5.41, 5.74) is 0.716. The van der Waals surface area contributed by atoms with Crippen LogP contribution in [0.4, 0.5) is 0 Å². The summed E-state index contributed by atoms with van der Waals surface area (Å²) in [5, 5.41) is 0.545. The number of hydrogen-bond donors (Lipinski definition) is 0. The molecular weight excluding hydrogens is 318 g/mol. The van der Waals surface area contributed by atoms with Crippen molar-refractivity contribution >= 4 is 29.6 Å². The third kappa shape index (κ3) is 5.37. The SMILES string of the molecule is C[C@@H]1CN(C(=O)COC(=O)/C=C/c2ccccc2Cl)C[C@H](C)O1. The summed E-state index contributed by atoms with van der Waals surface area (Å²) in [5.74, 6) is -0.792. The first-order valence-corrected chi connectivity index (χ1v) is 7.86. The Kier molecular flexibility index (Phi) is 6.19. The highest BCUT2D eigenvalue weighted by atomic mass is 35.5. The summed E-state index contributed by atoms with van der Waals surface area (Å²) in [6, 6.07) is 7.15. The van der Waals surface area contributed by atoms with Gasteiger partial charge in [-0.1, -0.05) is 29.8 Å². The Morgan fingerprint density at radius 2 is 1.96 bits per heavy atom. The minimum atomic E-state index is -0.576. The Bertz CT molecular complexity index is 592. The van der Waals surface area contributed by atoms with Crippen molar-refractivity contribution < 1.29 is 19.1 Å². The molecule has 1 aliphatic heterocycles. The molecule has 0 spiro atoms. The lowest BCUT2D eigenvalue weighted by Gasteiger charge is -2.35. The van der Waals surface area contributed by atoms with Gasteiger partial charge in [0, 0.05) is 24.2 Å². The number of rotatable bonds is 4. The topological polar surface area (TPSA) is 55.8 Å². The molecule has 1 aromatic carbocycles. The minimum absolute atomic E-state index is 0.0153. The molecule has 0 N–H and O–H groups in total. The fourth-order valence-corrected chi connectivity index (χ4v) is 2.62. The van der Waals surface area contributed by atoms with Crippen molar-refractivity contribution in [2.24, 2.45) is 0 Å². The van der Waals surface area contributed by atoms with E-state index >= 15 is 0 Å². The summed E-state index contributed by atoms with van der Waals surface area (Å²) in [6.07, 6.45) is 2.80. The van der Waals surface area contributed by atoms with Gasteiger partial charge in [0.15, 0.2) is 6.61 Å². The zero-order valence-corrected chi connectivity index (χ0v) is 14.0. The summed E-state index contributed by atoms with van der Waals surface area (Å²) < 4.78 is 10.6. The Morgan fingerprint density at radius 1 is 1.30 bits per heavy atom. The molecule has 1 fully saturated rings. The van der Waals surface area contributed by atoms with Gasteiger partial charge < -0.3 is 14.4 Å². The van der Waals surface area contributed by atoms with E-state index in [1.165, 1.54) is 6.08 Å². The van der Waals surface area contributed by atoms with Crippen LogP contribution in [0.2, 0.25) is 5.02 Å². The Morgan fingerprint density at radius 3 is 2.61 bits per heavy atom. The van der Waals surface area contributed by atoms with Gasteiger partial charge in [0.05, 0.1) is 12.2 Å². The molecule has 0 aliphatic carbocycles. The molecule has 2 atom stereocenters.